The van der Waals surface area contributed by atoms with Gasteiger partial charge < -0.3 is 24.6 Å². The summed E-state index contributed by atoms with van der Waals surface area (Å²) in [4.78, 5) is 45.4. The zero-order valence-electron chi connectivity index (χ0n) is 19.4. The van der Waals surface area contributed by atoms with Crippen LogP contribution in [0.2, 0.25) is 0 Å². The number of ether oxygens (including phenoxy) is 2. The van der Waals surface area contributed by atoms with Crippen LogP contribution in [-0.2, 0) is 4.79 Å². The Balaban J connectivity index is 1.63. The zero-order valence-corrected chi connectivity index (χ0v) is 19.4. The molecular weight excluding hydrogens is 424 g/mol. The molecule has 3 amide bonds. The fraction of sp³-hybridized carbons (Fsp3) is 0.417. The van der Waals surface area contributed by atoms with Crippen molar-refractivity contribution in [3.05, 3.63) is 53.9 Å². The number of piperazine rings is 1. The Morgan fingerprint density at radius 1 is 1.18 bits per heavy atom. The molecule has 1 aliphatic heterocycles. The zero-order chi connectivity index (χ0) is 24.0. The molecule has 1 aromatic heterocycles. The maximum absolute atomic E-state index is 13.1. The van der Waals surface area contributed by atoms with Crippen LogP contribution >= 0.6 is 0 Å². The van der Waals surface area contributed by atoms with Gasteiger partial charge in [-0.3, -0.25) is 14.4 Å². The summed E-state index contributed by atoms with van der Waals surface area (Å²) in [5, 5.41) is 2.67. The minimum absolute atomic E-state index is 0.0399. The van der Waals surface area contributed by atoms with Crippen LogP contribution in [0.15, 0.2) is 42.6 Å². The van der Waals surface area contributed by atoms with Crippen LogP contribution in [0.1, 0.15) is 41.6 Å². The van der Waals surface area contributed by atoms with Gasteiger partial charge in [0.1, 0.15) is 5.69 Å². The molecule has 2 aromatic rings. The highest BCUT2D eigenvalue weighted by Gasteiger charge is 2.33. The Kier molecular flexibility index (Phi) is 7.87. The summed E-state index contributed by atoms with van der Waals surface area (Å²) in [7, 11) is 1.46. The second-order valence-electron chi connectivity index (χ2n) is 7.84. The van der Waals surface area contributed by atoms with E-state index in [1.165, 1.54) is 19.4 Å². The van der Waals surface area contributed by atoms with Gasteiger partial charge >= 0.3 is 0 Å². The van der Waals surface area contributed by atoms with Gasteiger partial charge in [-0.05, 0) is 32.9 Å². The number of nitrogens with one attached hydrogen (secondary N) is 1. The first kappa shape index (κ1) is 24.0. The Bertz CT molecular complexity index is 998. The van der Waals surface area contributed by atoms with Gasteiger partial charge in [-0.25, -0.2) is 4.98 Å². The summed E-state index contributed by atoms with van der Waals surface area (Å²) in [6.07, 6.45) is 0.586. The third-order valence-corrected chi connectivity index (χ3v) is 5.49. The number of hydrogen-bond donors (Lipinski definition) is 1. The predicted octanol–water partition coefficient (Wildman–Crippen LogP) is 1.98. The fourth-order valence-corrected chi connectivity index (χ4v) is 3.75. The molecule has 1 aliphatic rings. The molecule has 9 nitrogen and oxygen atoms in total. The molecule has 0 aliphatic carbocycles. The lowest BCUT2D eigenvalue weighted by molar-refractivity contribution is -0.142. The number of hydrogen-bond acceptors (Lipinski definition) is 6. The van der Waals surface area contributed by atoms with E-state index in [0.29, 0.717) is 37.5 Å². The van der Waals surface area contributed by atoms with Gasteiger partial charge in [0.15, 0.2) is 17.6 Å². The van der Waals surface area contributed by atoms with Gasteiger partial charge in [-0.1, -0.05) is 18.2 Å². The van der Waals surface area contributed by atoms with Crippen LogP contribution in [0.3, 0.4) is 0 Å². The van der Waals surface area contributed by atoms with Crippen molar-refractivity contribution < 1.29 is 23.9 Å². The van der Waals surface area contributed by atoms with Crippen molar-refractivity contribution in [3.8, 4) is 11.5 Å². The van der Waals surface area contributed by atoms with Crippen molar-refractivity contribution in [2.75, 3.05) is 33.3 Å². The normalized spacial score (nSPS) is 16.7. The van der Waals surface area contributed by atoms with Crippen LogP contribution in [-0.4, -0.2) is 77.9 Å². The molecule has 0 bridgehead atoms. The Hall–Kier alpha value is -3.62. The number of carbonyl (C=O) groups is 3. The molecular formula is C24H30N4O5. The van der Waals surface area contributed by atoms with Crippen molar-refractivity contribution in [2.45, 2.75) is 32.9 Å². The van der Waals surface area contributed by atoms with Crippen LogP contribution in [0, 0.1) is 0 Å². The highest BCUT2D eigenvalue weighted by atomic mass is 16.5. The highest BCUT2D eigenvalue weighted by molar-refractivity contribution is 5.94. The van der Waals surface area contributed by atoms with E-state index in [2.05, 4.69) is 10.3 Å². The predicted molar refractivity (Wildman–Crippen MR) is 122 cm³/mol. The first-order valence-corrected chi connectivity index (χ1v) is 11.0. The largest absolute Gasteiger partial charge is 0.493 e. The van der Waals surface area contributed by atoms with Crippen molar-refractivity contribution in [2.24, 2.45) is 0 Å². The van der Waals surface area contributed by atoms with Gasteiger partial charge in [0.05, 0.1) is 13.3 Å². The third kappa shape index (κ3) is 5.60. The smallest absolute Gasteiger partial charge is 0.270 e. The molecule has 1 saturated heterocycles. The number of rotatable bonds is 7. The molecule has 1 N–H and O–H groups in total. The van der Waals surface area contributed by atoms with Crippen LogP contribution in [0.5, 0.6) is 11.5 Å². The number of aromatic nitrogens is 1. The maximum Gasteiger partial charge on any atom is 0.270 e. The molecule has 0 saturated carbocycles. The fourth-order valence-electron chi connectivity index (χ4n) is 3.75. The molecule has 0 radical (unpaired) electrons. The van der Waals surface area contributed by atoms with E-state index in [0.717, 1.165) is 0 Å². The average molecular weight is 455 g/mol. The van der Waals surface area contributed by atoms with Crippen LogP contribution in [0.4, 0.5) is 0 Å². The number of benzene rings is 1. The molecule has 2 heterocycles. The topological polar surface area (TPSA) is 101 Å². The summed E-state index contributed by atoms with van der Waals surface area (Å²) in [6, 6.07) is 10.4. The first-order chi connectivity index (χ1) is 15.8. The molecule has 1 fully saturated rings. The van der Waals surface area contributed by atoms with Crippen molar-refractivity contribution in [1.29, 1.82) is 0 Å². The van der Waals surface area contributed by atoms with E-state index in [1.807, 2.05) is 32.0 Å². The SMILES string of the molecule is CCNC(=O)c1cc(OC)c(OC(C)C(=O)N2CCN(C(=O)c3ccccc3)C[C@H]2C)cn1. The number of nitrogens with zero attached hydrogens (tertiary/aromatic N) is 3. The molecule has 0 spiro atoms. The molecule has 2 atom stereocenters. The first-order valence-electron chi connectivity index (χ1n) is 11.0. The van der Waals surface area contributed by atoms with E-state index in [4.69, 9.17) is 9.47 Å². The average Bonchev–Trinajstić information content (AvgIpc) is 2.83. The summed E-state index contributed by atoms with van der Waals surface area (Å²) in [5.74, 6) is 0.0448. The van der Waals surface area contributed by atoms with Gasteiger partial charge in [-0.15, -0.1) is 0 Å². The summed E-state index contributed by atoms with van der Waals surface area (Å²) in [5.41, 5.74) is 0.838. The minimum Gasteiger partial charge on any atom is -0.493 e. The van der Waals surface area contributed by atoms with Crippen molar-refractivity contribution in [1.82, 2.24) is 20.1 Å². The van der Waals surface area contributed by atoms with E-state index in [-0.39, 0.29) is 35.2 Å². The van der Waals surface area contributed by atoms with Gasteiger partial charge in [-0.2, -0.15) is 0 Å². The number of amides is 3. The third-order valence-electron chi connectivity index (χ3n) is 5.49. The molecule has 1 unspecified atom stereocenters. The minimum atomic E-state index is -0.796. The number of methoxy groups -OCH3 is 1. The Labute approximate surface area is 193 Å². The highest BCUT2D eigenvalue weighted by Crippen LogP contribution is 2.28. The summed E-state index contributed by atoms with van der Waals surface area (Å²) >= 11 is 0. The quantitative estimate of drug-likeness (QED) is 0.687. The van der Waals surface area contributed by atoms with Gasteiger partial charge in [0.2, 0.25) is 0 Å². The maximum atomic E-state index is 13.1. The molecule has 3 rings (SSSR count). The number of carbonyl (C=O) groups excluding carboxylic acids is 3. The van der Waals surface area contributed by atoms with Crippen LogP contribution in [0.25, 0.3) is 0 Å². The standard InChI is InChI=1S/C24H30N4O5/c1-5-25-22(29)19-13-20(32-4)21(14-26-19)33-17(3)23(30)28-12-11-27(15-16(28)2)24(31)18-9-7-6-8-10-18/h6-10,13-14,16-17H,5,11-12,15H2,1-4H3,(H,25,29)/t16-,17?/m1/s1. The van der Waals surface area contributed by atoms with Crippen molar-refractivity contribution in [3.63, 3.8) is 0 Å². The molecule has 9 heteroatoms. The molecule has 176 valence electrons. The van der Waals surface area contributed by atoms with E-state index in [1.54, 1.807) is 28.9 Å². The summed E-state index contributed by atoms with van der Waals surface area (Å²) in [6.45, 7) is 7.18. The van der Waals surface area contributed by atoms with E-state index < -0.39 is 6.10 Å². The lowest BCUT2D eigenvalue weighted by atomic mass is 10.1. The molecule has 33 heavy (non-hydrogen) atoms. The van der Waals surface area contributed by atoms with E-state index in [9.17, 15) is 14.4 Å². The second-order valence-corrected chi connectivity index (χ2v) is 7.84. The summed E-state index contributed by atoms with van der Waals surface area (Å²) < 4.78 is 11.2. The monoisotopic (exact) mass is 454 g/mol. The number of pyridine rings is 1. The van der Waals surface area contributed by atoms with E-state index >= 15 is 0 Å². The molecule has 1 aromatic carbocycles. The second kappa shape index (κ2) is 10.8. The van der Waals surface area contributed by atoms with Crippen molar-refractivity contribution >= 4 is 17.7 Å². The Morgan fingerprint density at radius 2 is 1.91 bits per heavy atom. The lowest BCUT2D eigenvalue weighted by Crippen LogP contribution is -2.57. The van der Waals surface area contributed by atoms with Gasteiger partial charge in [0.25, 0.3) is 17.7 Å². The van der Waals surface area contributed by atoms with Gasteiger partial charge in [0, 0.05) is 43.9 Å². The van der Waals surface area contributed by atoms with Crippen LogP contribution < -0.4 is 14.8 Å². The lowest BCUT2D eigenvalue weighted by Gasteiger charge is -2.40. The Morgan fingerprint density at radius 3 is 2.55 bits per heavy atom.